The number of para-hydroxylation sites is 2. The van der Waals surface area contributed by atoms with Crippen molar-refractivity contribution < 1.29 is 22.7 Å². The van der Waals surface area contributed by atoms with Crippen molar-refractivity contribution in [2.45, 2.75) is 12.7 Å². The molecule has 11 heteroatoms. The molecule has 3 aromatic rings. The van der Waals surface area contributed by atoms with Crippen LogP contribution in [0.15, 0.2) is 59.5 Å². The predicted molar refractivity (Wildman–Crippen MR) is 125 cm³/mol. The molecule has 1 aromatic heterocycles. The summed E-state index contributed by atoms with van der Waals surface area (Å²) in [4.78, 5) is 35.9. The fraction of sp³-hybridized carbons (Fsp3) is 0.292. The van der Waals surface area contributed by atoms with E-state index in [9.17, 15) is 22.8 Å². The number of carbonyl (C=O) groups excluding carboxylic acids is 1. The van der Waals surface area contributed by atoms with Gasteiger partial charge < -0.3 is 19.9 Å². The van der Waals surface area contributed by atoms with Crippen LogP contribution in [-0.2, 0) is 12.7 Å². The molecule has 0 saturated carbocycles. The number of methoxy groups -OCH3 is 1. The van der Waals surface area contributed by atoms with Crippen molar-refractivity contribution in [1.82, 2.24) is 15.3 Å². The third-order valence-electron chi connectivity index (χ3n) is 5.74. The average Bonchev–Trinajstić information content (AvgIpc) is 2.87. The molecule has 0 bridgehead atoms. The Hall–Kier alpha value is -4.02. The Balaban J connectivity index is 1.37. The van der Waals surface area contributed by atoms with Crippen LogP contribution in [0.3, 0.4) is 0 Å². The Morgan fingerprint density at radius 3 is 2.49 bits per heavy atom. The Morgan fingerprint density at radius 2 is 1.80 bits per heavy atom. The van der Waals surface area contributed by atoms with Gasteiger partial charge >= 0.3 is 6.18 Å². The molecule has 2 aromatic carbocycles. The van der Waals surface area contributed by atoms with Gasteiger partial charge in [-0.3, -0.25) is 14.6 Å². The van der Waals surface area contributed by atoms with Gasteiger partial charge in [0.2, 0.25) is 5.95 Å². The molecular formula is C24H24F3N5O3. The van der Waals surface area contributed by atoms with Crippen molar-refractivity contribution in [3.05, 3.63) is 81.8 Å². The van der Waals surface area contributed by atoms with Gasteiger partial charge in [-0.2, -0.15) is 13.2 Å². The summed E-state index contributed by atoms with van der Waals surface area (Å²) in [6, 6.07) is 12.4. The van der Waals surface area contributed by atoms with Gasteiger partial charge in [-0.15, -0.1) is 0 Å². The van der Waals surface area contributed by atoms with Crippen LogP contribution < -0.4 is 25.4 Å². The van der Waals surface area contributed by atoms with Gasteiger partial charge in [0.25, 0.3) is 11.5 Å². The predicted octanol–water partition coefficient (Wildman–Crippen LogP) is 3.05. The Bertz CT molecular complexity index is 1250. The number of alkyl halides is 3. The number of nitrogens with one attached hydrogen (secondary N) is 2. The summed E-state index contributed by atoms with van der Waals surface area (Å²) in [6.07, 6.45) is -3.29. The number of ether oxygens (including phenoxy) is 1. The number of piperazine rings is 1. The Labute approximate surface area is 199 Å². The Kier molecular flexibility index (Phi) is 6.94. The summed E-state index contributed by atoms with van der Waals surface area (Å²) in [5, 5.41) is 2.47. The number of hydrogen-bond acceptors (Lipinski definition) is 6. The van der Waals surface area contributed by atoms with Crippen LogP contribution in [-0.4, -0.2) is 49.2 Å². The fourth-order valence-corrected chi connectivity index (χ4v) is 3.89. The van der Waals surface area contributed by atoms with E-state index in [4.69, 9.17) is 4.74 Å². The number of hydrogen-bond donors (Lipinski definition) is 2. The zero-order valence-corrected chi connectivity index (χ0v) is 18.9. The number of carbonyl (C=O) groups is 1. The molecule has 0 radical (unpaired) electrons. The average molecular weight is 487 g/mol. The third kappa shape index (κ3) is 5.56. The van der Waals surface area contributed by atoms with Crippen LogP contribution in [0, 0.1) is 0 Å². The lowest BCUT2D eigenvalue weighted by molar-refractivity contribution is -0.137. The number of benzene rings is 2. The molecule has 1 saturated heterocycles. The number of rotatable bonds is 6. The summed E-state index contributed by atoms with van der Waals surface area (Å²) in [5.41, 5.74) is -0.387. The van der Waals surface area contributed by atoms with Crippen molar-refractivity contribution in [2.75, 3.05) is 43.1 Å². The molecule has 0 spiro atoms. The van der Waals surface area contributed by atoms with Crippen molar-refractivity contribution >= 4 is 17.5 Å². The first kappa shape index (κ1) is 24.1. The molecule has 4 rings (SSSR count). The Morgan fingerprint density at radius 1 is 1.09 bits per heavy atom. The molecule has 1 amide bonds. The summed E-state index contributed by atoms with van der Waals surface area (Å²) < 4.78 is 44.0. The molecule has 35 heavy (non-hydrogen) atoms. The highest BCUT2D eigenvalue weighted by Crippen LogP contribution is 2.30. The topological polar surface area (TPSA) is 90.6 Å². The highest BCUT2D eigenvalue weighted by Gasteiger charge is 2.30. The summed E-state index contributed by atoms with van der Waals surface area (Å²) in [6.45, 7) is 2.41. The van der Waals surface area contributed by atoms with Crippen LogP contribution in [0.4, 0.5) is 24.8 Å². The van der Waals surface area contributed by atoms with E-state index >= 15 is 0 Å². The second-order valence-electron chi connectivity index (χ2n) is 7.98. The highest BCUT2D eigenvalue weighted by molar-refractivity contribution is 5.93. The maximum Gasteiger partial charge on any atom is 0.416 e. The molecule has 184 valence electrons. The van der Waals surface area contributed by atoms with Crippen molar-refractivity contribution in [3.63, 3.8) is 0 Å². The molecule has 0 atom stereocenters. The molecule has 0 unspecified atom stereocenters. The molecule has 0 aliphatic carbocycles. The summed E-state index contributed by atoms with van der Waals surface area (Å²) in [7, 11) is 1.63. The van der Waals surface area contributed by atoms with Crippen LogP contribution in [0.2, 0.25) is 0 Å². The van der Waals surface area contributed by atoms with Gasteiger partial charge in [0.1, 0.15) is 11.3 Å². The van der Waals surface area contributed by atoms with Gasteiger partial charge in [-0.05, 0) is 29.8 Å². The van der Waals surface area contributed by atoms with Crippen molar-refractivity contribution in [3.8, 4) is 5.75 Å². The standard InChI is InChI=1S/C24H24F3N5O3/c1-35-20-8-3-2-7-19(20)31-9-11-32(12-10-31)23-29-15-18(22(34)30-23)21(33)28-14-16-5-4-6-17(13-16)24(25,26)27/h2-8,13,15H,9-12,14H2,1H3,(H,28,33)(H,29,30,34). The van der Waals surface area contributed by atoms with Crippen LogP contribution in [0.25, 0.3) is 0 Å². The van der Waals surface area contributed by atoms with E-state index in [2.05, 4.69) is 20.2 Å². The lowest BCUT2D eigenvalue weighted by Crippen LogP contribution is -2.47. The number of amides is 1. The largest absolute Gasteiger partial charge is 0.495 e. The van der Waals surface area contributed by atoms with Gasteiger partial charge in [0, 0.05) is 38.9 Å². The zero-order valence-electron chi connectivity index (χ0n) is 18.9. The summed E-state index contributed by atoms with van der Waals surface area (Å²) >= 11 is 0. The van der Waals surface area contributed by atoms with E-state index in [0.29, 0.717) is 32.1 Å². The monoisotopic (exact) mass is 487 g/mol. The maximum atomic E-state index is 12.9. The van der Waals surface area contributed by atoms with E-state index in [0.717, 1.165) is 23.6 Å². The van der Waals surface area contributed by atoms with Crippen molar-refractivity contribution in [1.29, 1.82) is 0 Å². The second-order valence-corrected chi connectivity index (χ2v) is 7.98. The molecule has 2 heterocycles. The van der Waals surface area contributed by atoms with Gasteiger partial charge in [0.15, 0.2) is 0 Å². The lowest BCUT2D eigenvalue weighted by atomic mass is 10.1. The molecule has 2 N–H and O–H groups in total. The molecular weight excluding hydrogens is 463 g/mol. The number of aromatic nitrogens is 2. The SMILES string of the molecule is COc1ccccc1N1CCN(c2ncc(C(=O)NCc3cccc(C(F)(F)F)c3)c(=O)[nH]2)CC1. The quantitative estimate of drug-likeness (QED) is 0.556. The van der Waals surface area contributed by atoms with Gasteiger partial charge in [-0.25, -0.2) is 4.98 Å². The van der Waals surface area contributed by atoms with Crippen molar-refractivity contribution in [2.24, 2.45) is 0 Å². The first-order valence-corrected chi connectivity index (χ1v) is 10.9. The van der Waals surface area contributed by atoms with Gasteiger partial charge in [-0.1, -0.05) is 24.3 Å². The normalized spacial score (nSPS) is 14.1. The minimum atomic E-state index is -4.48. The maximum absolute atomic E-state index is 12.9. The highest BCUT2D eigenvalue weighted by atomic mass is 19.4. The van der Waals surface area contributed by atoms with Crippen LogP contribution >= 0.6 is 0 Å². The minimum absolute atomic E-state index is 0.158. The number of nitrogens with zero attached hydrogens (tertiary/aromatic N) is 3. The zero-order chi connectivity index (χ0) is 25.0. The molecule has 1 fully saturated rings. The second kappa shape index (κ2) is 10.1. The number of aromatic amines is 1. The van der Waals surface area contributed by atoms with E-state index in [1.807, 2.05) is 29.2 Å². The lowest BCUT2D eigenvalue weighted by Gasteiger charge is -2.36. The number of anilines is 2. The van der Waals surface area contributed by atoms with E-state index in [-0.39, 0.29) is 17.7 Å². The van der Waals surface area contributed by atoms with Crippen LogP contribution in [0.5, 0.6) is 5.75 Å². The third-order valence-corrected chi connectivity index (χ3v) is 5.74. The molecule has 8 nitrogen and oxygen atoms in total. The van der Waals surface area contributed by atoms with E-state index in [1.54, 1.807) is 7.11 Å². The first-order chi connectivity index (χ1) is 16.8. The first-order valence-electron chi connectivity index (χ1n) is 10.9. The minimum Gasteiger partial charge on any atom is -0.495 e. The fourth-order valence-electron chi connectivity index (χ4n) is 3.89. The van der Waals surface area contributed by atoms with E-state index in [1.165, 1.54) is 18.3 Å². The number of H-pyrrole nitrogens is 1. The van der Waals surface area contributed by atoms with Gasteiger partial charge in [0.05, 0.1) is 18.4 Å². The molecule has 1 aliphatic rings. The summed E-state index contributed by atoms with van der Waals surface area (Å²) in [5.74, 6) is 0.417. The smallest absolute Gasteiger partial charge is 0.416 e. The number of halogens is 3. The molecule has 1 aliphatic heterocycles. The van der Waals surface area contributed by atoms with Crippen LogP contribution in [0.1, 0.15) is 21.5 Å². The van der Waals surface area contributed by atoms with E-state index < -0.39 is 23.2 Å².